The van der Waals surface area contributed by atoms with Gasteiger partial charge in [0.2, 0.25) is 0 Å². The zero-order valence-corrected chi connectivity index (χ0v) is 45.3. The van der Waals surface area contributed by atoms with Gasteiger partial charge in [0.1, 0.15) is 0 Å². The highest BCUT2D eigenvalue weighted by atomic mass is 15.0. The molecule has 0 aliphatic heterocycles. The summed E-state index contributed by atoms with van der Waals surface area (Å²) in [6.45, 7) is 0. The first kappa shape index (κ1) is 49.3. The third kappa shape index (κ3) is 8.65. The molecule has 7 heteroatoms. The molecule has 0 N–H and O–H groups in total. The second kappa shape index (κ2) is 20.7. The van der Waals surface area contributed by atoms with Crippen LogP contribution in [-0.4, -0.2) is 24.1 Å². The standard InChI is InChI=1S/C77H47N7/c78-48-59-28-16-17-29-63(59)64-37-36-62(84-73-40-33-57(52-22-10-3-11-23-52)44-68(73)69-45-58(34-41-74(69)84)53-24-12-4-13-25-53)47-70(64)77-81-75(54-26-14-5-15-27-54)80-76(82-77)65-46-61(35-30-60(65)49-79)83-71-38-31-55(50-18-6-1-7-19-50)42-66(71)67-43-56(32-39-72(67)83)51-20-8-2-9-21-51/h1-47H. The molecule has 12 aromatic carbocycles. The summed E-state index contributed by atoms with van der Waals surface area (Å²) in [5.74, 6) is 1.15. The Hall–Kier alpha value is -11.8. The third-order valence-electron chi connectivity index (χ3n) is 16.1. The molecule has 0 bridgehead atoms. The van der Waals surface area contributed by atoms with Crippen LogP contribution in [0.25, 0.3) is 145 Å². The van der Waals surface area contributed by atoms with Crippen LogP contribution >= 0.6 is 0 Å². The Bertz CT molecular complexity index is 4940. The van der Waals surface area contributed by atoms with Crippen molar-refractivity contribution in [2.45, 2.75) is 0 Å². The fourth-order valence-electron chi connectivity index (χ4n) is 12.0. The van der Waals surface area contributed by atoms with E-state index in [2.05, 4.69) is 209 Å². The minimum Gasteiger partial charge on any atom is -0.309 e. The maximum Gasteiger partial charge on any atom is 0.165 e. The van der Waals surface area contributed by atoms with Crippen molar-refractivity contribution in [3.05, 3.63) is 296 Å². The molecular weight excluding hydrogens is 1020 g/mol. The zero-order chi connectivity index (χ0) is 56.1. The third-order valence-corrected chi connectivity index (χ3v) is 16.1. The molecule has 0 radical (unpaired) electrons. The highest BCUT2D eigenvalue weighted by molar-refractivity contribution is 6.13. The maximum absolute atomic E-state index is 11.1. The van der Waals surface area contributed by atoms with E-state index >= 15 is 0 Å². The number of rotatable bonds is 10. The van der Waals surface area contributed by atoms with Crippen LogP contribution in [0.1, 0.15) is 11.1 Å². The summed E-state index contributed by atoms with van der Waals surface area (Å²) < 4.78 is 4.59. The molecule has 3 heterocycles. The first-order valence-electron chi connectivity index (χ1n) is 27.9. The fraction of sp³-hybridized carbons (Fsp3) is 0. The minimum atomic E-state index is 0.333. The largest absolute Gasteiger partial charge is 0.309 e. The number of nitriles is 2. The van der Waals surface area contributed by atoms with Gasteiger partial charge in [0.25, 0.3) is 0 Å². The summed E-state index contributed by atoms with van der Waals surface area (Å²) >= 11 is 0. The lowest BCUT2D eigenvalue weighted by Gasteiger charge is -2.17. The number of nitrogens with zero attached hydrogens (tertiary/aromatic N) is 7. The molecule has 0 spiro atoms. The molecule has 0 saturated heterocycles. The topological polar surface area (TPSA) is 96.1 Å². The van der Waals surface area contributed by atoms with Crippen molar-refractivity contribution in [2.75, 3.05) is 0 Å². The van der Waals surface area contributed by atoms with Gasteiger partial charge in [-0.05, 0) is 135 Å². The van der Waals surface area contributed by atoms with Gasteiger partial charge < -0.3 is 9.13 Å². The summed E-state index contributed by atoms with van der Waals surface area (Å²) in [7, 11) is 0. The van der Waals surface area contributed by atoms with E-state index in [1.54, 1.807) is 0 Å². The van der Waals surface area contributed by atoms with Crippen LogP contribution in [-0.2, 0) is 0 Å². The van der Waals surface area contributed by atoms with Gasteiger partial charge in [0.15, 0.2) is 17.5 Å². The molecule has 0 saturated carbocycles. The second-order valence-corrected chi connectivity index (χ2v) is 21.0. The molecule has 3 aromatic heterocycles. The van der Waals surface area contributed by atoms with E-state index in [4.69, 9.17) is 15.0 Å². The lowest BCUT2D eigenvalue weighted by Crippen LogP contribution is -2.04. The quantitative estimate of drug-likeness (QED) is 0.136. The average molecular weight is 1070 g/mol. The van der Waals surface area contributed by atoms with Gasteiger partial charge in [0, 0.05) is 55.2 Å². The van der Waals surface area contributed by atoms with Crippen molar-refractivity contribution < 1.29 is 0 Å². The van der Waals surface area contributed by atoms with Crippen molar-refractivity contribution >= 4 is 43.6 Å². The summed E-state index contributed by atoms with van der Waals surface area (Å²) in [5.41, 5.74) is 19.3. The van der Waals surface area contributed by atoms with Crippen molar-refractivity contribution in [3.8, 4) is 113 Å². The van der Waals surface area contributed by atoms with Crippen molar-refractivity contribution in [1.82, 2.24) is 24.1 Å². The van der Waals surface area contributed by atoms with Crippen molar-refractivity contribution in [1.29, 1.82) is 10.5 Å². The lowest BCUT2D eigenvalue weighted by atomic mass is 9.94. The lowest BCUT2D eigenvalue weighted by molar-refractivity contribution is 1.07. The van der Waals surface area contributed by atoms with Gasteiger partial charge in [-0.25, -0.2) is 15.0 Å². The number of hydrogen-bond acceptors (Lipinski definition) is 5. The Kier molecular flexibility index (Phi) is 12.2. The number of fused-ring (bicyclic) bond motifs is 6. The van der Waals surface area contributed by atoms with E-state index in [0.29, 0.717) is 39.7 Å². The average Bonchev–Trinajstić information content (AvgIpc) is 2.13. The van der Waals surface area contributed by atoms with Crippen LogP contribution in [0.2, 0.25) is 0 Å². The molecule has 7 nitrogen and oxygen atoms in total. The highest BCUT2D eigenvalue weighted by Gasteiger charge is 2.24. The Labute approximate surface area is 485 Å². The normalized spacial score (nSPS) is 11.3. The van der Waals surface area contributed by atoms with E-state index in [1.165, 1.54) is 0 Å². The molecule has 390 valence electrons. The smallest absolute Gasteiger partial charge is 0.165 e. The second-order valence-electron chi connectivity index (χ2n) is 21.0. The summed E-state index contributed by atoms with van der Waals surface area (Å²) in [4.78, 5) is 16.1. The first-order chi connectivity index (χ1) is 41.5. The minimum absolute atomic E-state index is 0.333. The molecule has 15 aromatic rings. The number of hydrogen-bond donors (Lipinski definition) is 0. The van der Waals surface area contributed by atoms with Gasteiger partial charge in [-0.15, -0.1) is 0 Å². The predicted molar refractivity (Wildman–Crippen MR) is 341 cm³/mol. The van der Waals surface area contributed by atoms with Crippen LogP contribution in [0.3, 0.4) is 0 Å². The monoisotopic (exact) mass is 1070 g/mol. The fourth-order valence-corrected chi connectivity index (χ4v) is 12.0. The van der Waals surface area contributed by atoms with E-state index < -0.39 is 0 Å². The number of aromatic nitrogens is 5. The summed E-state index contributed by atoms with van der Waals surface area (Å²) in [5, 5.41) is 26.2. The van der Waals surface area contributed by atoms with Gasteiger partial charge in [-0.1, -0.05) is 200 Å². The Morgan fingerprint density at radius 2 is 0.571 bits per heavy atom. The molecule has 0 fully saturated rings. The van der Waals surface area contributed by atoms with Crippen LogP contribution < -0.4 is 0 Å². The predicted octanol–water partition coefficient (Wildman–Crippen LogP) is 19.1. The molecule has 15 rings (SSSR count). The van der Waals surface area contributed by atoms with Gasteiger partial charge in [0.05, 0.1) is 45.3 Å². The first-order valence-corrected chi connectivity index (χ1v) is 27.9. The highest BCUT2D eigenvalue weighted by Crippen LogP contribution is 2.43. The molecule has 0 atom stereocenters. The van der Waals surface area contributed by atoms with Crippen molar-refractivity contribution in [2.24, 2.45) is 0 Å². The zero-order valence-electron chi connectivity index (χ0n) is 45.3. The summed E-state index contributed by atoms with van der Waals surface area (Å²) in [6.07, 6.45) is 0. The maximum atomic E-state index is 11.1. The van der Waals surface area contributed by atoms with E-state index in [1.807, 2.05) is 97.1 Å². The van der Waals surface area contributed by atoms with E-state index in [0.717, 1.165) is 116 Å². The molecule has 0 aliphatic carbocycles. The van der Waals surface area contributed by atoms with E-state index in [9.17, 15) is 10.5 Å². The van der Waals surface area contributed by atoms with Crippen molar-refractivity contribution in [3.63, 3.8) is 0 Å². The van der Waals surface area contributed by atoms with Gasteiger partial charge in [-0.2, -0.15) is 10.5 Å². The Morgan fingerprint density at radius 1 is 0.238 bits per heavy atom. The molecule has 84 heavy (non-hydrogen) atoms. The molecule has 0 amide bonds. The van der Waals surface area contributed by atoms with Gasteiger partial charge in [-0.3, -0.25) is 0 Å². The van der Waals surface area contributed by atoms with Crippen LogP contribution in [0, 0.1) is 22.7 Å². The van der Waals surface area contributed by atoms with Crippen LogP contribution in [0.5, 0.6) is 0 Å². The SMILES string of the molecule is N#Cc1ccc(-n2c3ccc(-c4ccccc4)cc3c3cc(-c4ccccc4)ccc32)cc1-c1nc(-c2ccccc2)nc(-c2cc(-n3c4ccc(-c5ccccc5)cc4c4cc(-c5ccccc5)ccc43)ccc2-c2ccccc2C#N)n1. The molecular formula is C77H47N7. The van der Waals surface area contributed by atoms with Crippen LogP contribution in [0.4, 0.5) is 0 Å². The summed E-state index contributed by atoms with van der Waals surface area (Å²) in [6, 6.07) is 103. The Morgan fingerprint density at radius 3 is 0.988 bits per heavy atom. The van der Waals surface area contributed by atoms with Gasteiger partial charge >= 0.3 is 0 Å². The number of benzene rings is 12. The molecule has 0 unspecified atom stereocenters. The Balaban J connectivity index is 0.959. The molecule has 0 aliphatic rings. The van der Waals surface area contributed by atoms with Crippen LogP contribution in [0.15, 0.2) is 285 Å². The van der Waals surface area contributed by atoms with E-state index in [-0.39, 0.29) is 0 Å².